The van der Waals surface area contributed by atoms with E-state index >= 15 is 0 Å². The van der Waals surface area contributed by atoms with E-state index in [2.05, 4.69) is 35.9 Å². The van der Waals surface area contributed by atoms with Gasteiger partial charge in [0.2, 0.25) is 5.90 Å². The van der Waals surface area contributed by atoms with Crippen molar-refractivity contribution in [2.45, 2.75) is 83.7 Å². The molecule has 1 aromatic rings. The highest BCUT2D eigenvalue weighted by Crippen LogP contribution is 2.39. The van der Waals surface area contributed by atoms with Gasteiger partial charge in [0.05, 0.1) is 5.69 Å². The number of benzene rings is 1. The lowest BCUT2D eigenvalue weighted by atomic mass is 9.87. The van der Waals surface area contributed by atoms with Crippen LogP contribution in [0.3, 0.4) is 0 Å². The molecule has 0 aliphatic carbocycles. The third-order valence-corrected chi connectivity index (χ3v) is 6.32. The van der Waals surface area contributed by atoms with Crippen LogP contribution in [-0.2, 0) is 4.74 Å². The van der Waals surface area contributed by atoms with Crippen LogP contribution >= 0.6 is 27.5 Å². The molecule has 0 saturated heterocycles. The van der Waals surface area contributed by atoms with Crippen LogP contribution in [0.25, 0.3) is 0 Å². The lowest BCUT2D eigenvalue weighted by Crippen LogP contribution is -2.34. The standard InChI is InChI=1S/C23H33BrClNO/c1-3-5-7-9-12-19-16-22(26-21-14-11-13-20(25)17-21)27-23(19,18-24)15-10-8-6-4-2/h11,13-14,16-17H,3-10,12,15,18H2,1-2H3. The number of halogens is 2. The quantitative estimate of drug-likeness (QED) is 0.229. The van der Waals surface area contributed by atoms with Crippen LogP contribution in [0.1, 0.15) is 78.1 Å². The number of ether oxygens (including phenoxy) is 1. The summed E-state index contributed by atoms with van der Waals surface area (Å²) in [7, 11) is 0. The van der Waals surface area contributed by atoms with Gasteiger partial charge >= 0.3 is 0 Å². The molecule has 2 rings (SSSR count). The maximum absolute atomic E-state index is 6.46. The van der Waals surface area contributed by atoms with E-state index < -0.39 is 0 Å². The van der Waals surface area contributed by atoms with Crippen molar-refractivity contribution in [3.8, 4) is 0 Å². The smallest absolute Gasteiger partial charge is 0.214 e. The van der Waals surface area contributed by atoms with E-state index in [1.165, 1.54) is 56.9 Å². The molecule has 0 aromatic heterocycles. The number of alkyl halides is 1. The second kappa shape index (κ2) is 11.9. The summed E-state index contributed by atoms with van der Waals surface area (Å²) in [4.78, 5) is 4.71. The van der Waals surface area contributed by atoms with Gasteiger partial charge in [-0.15, -0.1) is 0 Å². The Labute approximate surface area is 178 Å². The van der Waals surface area contributed by atoms with E-state index in [0.717, 1.165) is 29.8 Å². The molecule has 0 radical (unpaired) electrons. The van der Waals surface area contributed by atoms with Crippen molar-refractivity contribution in [2.24, 2.45) is 4.99 Å². The largest absolute Gasteiger partial charge is 0.466 e. The fourth-order valence-electron chi connectivity index (χ4n) is 3.57. The first kappa shape index (κ1) is 22.5. The average molecular weight is 455 g/mol. The van der Waals surface area contributed by atoms with Gasteiger partial charge in [-0.2, -0.15) is 0 Å². The zero-order valence-electron chi connectivity index (χ0n) is 16.8. The molecule has 1 aliphatic heterocycles. The molecular weight excluding hydrogens is 422 g/mol. The van der Waals surface area contributed by atoms with Crippen molar-refractivity contribution in [3.63, 3.8) is 0 Å². The van der Waals surface area contributed by atoms with E-state index in [4.69, 9.17) is 21.3 Å². The number of aliphatic imine (C=N–C) groups is 1. The van der Waals surface area contributed by atoms with Gasteiger partial charge in [-0.05, 0) is 49.5 Å². The fraction of sp³-hybridized carbons (Fsp3) is 0.609. The summed E-state index contributed by atoms with van der Waals surface area (Å²) >= 11 is 9.85. The fourth-order valence-corrected chi connectivity index (χ4v) is 4.51. The first-order valence-corrected chi connectivity index (χ1v) is 11.9. The van der Waals surface area contributed by atoms with Crippen molar-refractivity contribution in [2.75, 3.05) is 5.33 Å². The molecule has 0 bridgehead atoms. The molecule has 1 atom stereocenters. The molecule has 0 spiro atoms. The lowest BCUT2D eigenvalue weighted by Gasteiger charge is -2.30. The molecule has 1 heterocycles. The predicted octanol–water partition coefficient (Wildman–Crippen LogP) is 8.40. The Balaban J connectivity index is 2.16. The van der Waals surface area contributed by atoms with E-state index in [-0.39, 0.29) is 5.60 Å². The Hall–Kier alpha value is -0.800. The van der Waals surface area contributed by atoms with Gasteiger partial charge in [0.1, 0.15) is 5.60 Å². The molecule has 4 heteroatoms. The average Bonchev–Trinajstić information content (AvgIpc) is 3.00. The maximum atomic E-state index is 6.46. The van der Waals surface area contributed by atoms with E-state index in [1.54, 1.807) is 0 Å². The topological polar surface area (TPSA) is 21.6 Å². The zero-order chi connectivity index (χ0) is 19.5. The van der Waals surface area contributed by atoms with Crippen LogP contribution in [-0.4, -0.2) is 16.8 Å². The second-order valence-electron chi connectivity index (χ2n) is 7.45. The minimum absolute atomic E-state index is 0.239. The maximum Gasteiger partial charge on any atom is 0.214 e. The summed E-state index contributed by atoms with van der Waals surface area (Å²) in [6.07, 6.45) is 14.4. The minimum Gasteiger partial charge on any atom is -0.466 e. The van der Waals surface area contributed by atoms with Crippen LogP contribution in [0, 0.1) is 0 Å². The van der Waals surface area contributed by atoms with Crippen LogP contribution in [0.4, 0.5) is 5.69 Å². The Bertz CT molecular complexity index is 643. The highest BCUT2D eigenvalue weighted by Gasteiger charge is 2.40. The highest BCUT2D eigenvalue weighted by molar-refractivity contribution is 9.09. The van der Waals surface area contributed by atoms with Gasteiger partial charge in [0, 0.05) is 16.4 Å². The summed E-state index contributed by atoms with van der Waals surface area (Å²) in [6, 6.07) is 7.63. The molecule has 0 amide bonds. The summed E-state index contributed by atoms with van der Waals surface area (Å²) in [5.41, 5.74) is 2.00. The van der Waals surface area contributed by atoms with Gasteiger partial charge < -0.3 is 4.74 Å². The minimum atomic E-state index is -0.239. The first-order valence-electron chi connectivity index (χ1n) is 10.4. The van der Waals surface area contributed by atoms with Crippen LogP contribution in [0.2, 0.25) is 5.02 Å². The van der Waals surface area contributed by atoms with Gasteiger partial charge in [-0.1, -0.05) is 86.0 Å². The predicted molar refractivity (Wildman–Crippen MR) is 122 cm³/mol. The van der Waals surface area contributed by atoms with Gasteiger partial charge in [-0.25, -0.2) is 4.99 Å². The molecule has 27 heavy (non-hydrogen) atoms. The second-order valence-corrected chi connectivity index (χ2v) is 8.45. The number of rotatable bonds is 12. The highest BCUT2D eigenvalue weighted by atomic mass is 79.9. The van der Waals surface area contributed by atoms with Gasteiger partial charge in [-0.3, -0.25) is 0 Å². The number of hydrogen-bond donors (Lipinski definition) is 0. The lowest BCUT2D eigenvalue weighted by molar-refractivity contribution is 0.117. The first-order chi connectivity index (χ1) is 13.1. The Morgan fingerprint density at radius 3 is 2.44 bits per heavy atom. The van der Waals surface area contributed by atoms with Crippen molar-refractivity contribution in [1.29, 1.82) is 0 Å². The van der Waals surface area contributed by atoms with Crippen molar-refractivity contribution in [1.82, 2.24) is 0 Å². The van der Waals surface area contributed by atoms with Gasteiger partial charge in [0.15, 0.2) is 0 Å². The summed E-state index contributed by atoms with van der Waals surface area (Å²) in [5.74, 6) is 0.720. The Kier molecular flexibility index (Phi) is 9.92. The molecular formula is C23H33BrClNO. The molecule has 0 fully saturated rings. The van der Waals surface area contributed by atoms with Crippen LogP contribution in [0.5, 0.6) is 0 Å². The molecule has 1 aliphatic rings. The zero-order valence-corrected chi connectivity index (χ0v) is 19.1. The Morgan fingerprint density at radius 1 is 1.04 bits per heavy atom. The van der Waals surface area contributed by atoms with Crippen LogP contribution in [0.15, 0.2) is 40.9 Å². The molecule has 0 N–H and O–H groups in total. The number of hydrogen-bond acceptors (Lipinski definition) is 2. The third kappa shape index (κ3) is 6.94. The third-order valence-electron chi connectivity index (χ3n) is 5.18. The van der Waals surface area contributed by atoms with Crippen molar-refractivity contribution >= 4 is 39.1 Å². The summed E-state index contributed by atoms with van der Waals surface area (Å²) in [5, 5.41) is 1.52. The Morgan fingerprint density at radius 2 is 1.78 bits per heavy atom. The van der Waals surface area contributed by atoms with Gasteiger partial charge in [0.25, 0.3) is 0 Å². The number of nitrogens with zero attached hydrogens (tertiary/aromatic N) is 1. The van der Waals surface area contributed by atoms with E-state index in [1.807, 2.05) is 24.3 Å². The van der Waals surface area contributed by atoms with Crippen molar-refractivity contribution in [3.05, 3.63) is 40.9 Å². The summed E-state index contributed by atoms with van der Waals surface area (Å²) < 4.78 is 6.46. The SMILES string of the molecule is CCCCCCC1=CC(=Nc2cccc(Cl)c2)OC1(CBr)CCCCCC. The molecule has 150 valence electrons. The van der Waals surface area contributed by atoms with E-state index in [9.17, 15) is 0 Å². The molecule has 0 saturated carbocycles. The normalized spacial score (nSPS) is 20.7. The number of unbranched alkanes of at least 4 members (excludes halogenated alkanes) is 6. The monoisotopic (exact) mass is 453 g/mol. The van der Waals surface area contributed by atoms with E-state index in [0.29, 0.717) is 5.02 Å². The molecule has 1 aromatic carbocycles. The van der Waals surface area contributed by atoms with Crippen LogP contribution < -0.4 is 0 Å². The molecule has 1 unspecified atom stereocenters. The molecule has 2 nitrogen and oxygen atoms in total. The van der Waals surface area contributed by atoms with Crippen molar-refractivity contribution < 1.29 is 4.74 Å². The summed E-state index contributed by atoms with van der Waals surface area (Å²) in [6.45, 7) is 4.51.